The van der Waals surface area contributed by atoms with Gasteiger partial charge in [0.1, 0.15) is 24.6 Å². The molecule has 0 saturated heterocycles. The molecular weight excluding hydrogens is 620 g/mol. The molecule has 0 spiro atoms. The molecule has 0 fully saturated rings. The van der Waals surface area contributed by atoms with E-state index in [1.807, 2.05) is 4.57 Å². The molecule has 0 unspecified atom stereocenters. The molecule has 11 nitrogen and oxygen atoms in total. The Morgan fingerprint density at radius 3 is 2.51 bits per heavy atom. The van der Waals surface area contributed by atoms with E-state index in [1.165, 1.54) is 18.7 Å². The third kappa shape index (κ3) is 6.17. The van der Waals surface area contributed by atoms with Crippen molar-refractivity contribution in [3.63, 3.8) is 0 Å². The lowest BCUT2D eigenvalue weighted by Gasteiger charge is -2.16. The Morgan fingerprint density at radius 2 is 1.81 bits per heavy atom. The number of hydrogen-bond donors (Lipinski definition) is 1. The number of rotatable bonds is 10. The van der Waals surface area contributed by atoms with Crippen LogP contribution in [0.15, 0.2) is 54.3 Å². The fourth-order valence-corrected chi connectivity index (χ4v) is 6.44. The van der Waals surface area contributed by atoms with Gasteiger partial charge in [-0.15, -0.1) is 0 Å². The maximum atomic E-state index is 15.3. The molecule has 16 heteroatoms. The number of fused-ring (bicyclic) bond motifs is 1. The first-order valence-electron chi connectivity index (χ1n) is 13.0. The molecule has 226 valence electrons. The minimum Gasteiger partial charge on any atom is -0.480 e. The van der Waals surface area contributed by atoms with Crippen LogP contribution in [-0.2, 0) is 21.5 Å². The molecule has 1 aromatic carbocycles. The van der Waals surface area contributed by atoms with Crippen molar-refractivity contribution >= 4 is 35.2 Å². The van der Waals surface area contributed by atoms with Crippen LogP contribution in [0.2, 0.25) is 30.7 Å². The second kappa shape index (κ2) is 11.7. The first kappa shape index (κ1) is 30.7. The van der Waals surface area contributed by atoms with Crippen molar-refractivity contribution in [1.82, 2.24) is 28.9 Å². The molecule has 0 aliphatic carbocycles. The number of halogens is 3. The second-order valence-electron chi connectivity index (χ2n) is 10.9. The van der Waals surface area contributed by atoms with Gasteiger partial charge in [-0.2, -0.15) is 0 Å². The first-order valence-corrected chi connectivity index (χ1v) is 18.6. The van der Waals surface area contributed by atoms with E-state index >= 15 is 8.78 Å². The Hall–Kier alpha value is -3.76. The molecule has 2 N–H and O–H groups in total. The Labute approximate surface area is 252 Å². The van der Waals surface area contributed by atoms with Crippen molar-refractivity contribution in [2.75, 3.05) is 13.7 Å². The smallest absolute Gasteiger partial charge is 0.244 e. The zero-order chi connectivity index (χ0) is 31.1. The third-order valence-corrected chi connectivity index (χ3v) is 9.67. The van der Waals surface area contributed by atoms with Crippen molar-refractivity contribution in [2.24, 2.45) is 5.14 Å². The summed E-state index contributed by atoms with van der Waals surface area (Å²) in [7, 11) is -4.62. The third-order valence-electron chi connectivity index (χ3n) is 6.62. The van der Waals surface area contributed by atoms with Crippen LogP contribution >= 0.6 is 11.6 Å². The molecule has 0 amide bonds. The summed E-state index contributed by atoms with van der Waals surface area (Å²) in [5.41, 5.74) is 0.339. The Kier molecular flexibility index (Phi) is 8.37. The van der Waals surface area contributed by atoms with Crippen LogP contribution in [0, 0.1) is 11.6 Å². The number of primary sulfonamides is 1. The summed E-state index contributed by atoms with van der Waals surface area (Å²) >= 11 is 6.63. The van der Waals surface area contributed by atoms with Crippen molar-refractivity contribution in [1.29, 1.82) is 0 Å². The van der Waals surface area contributed by atoms with Gasteiger partial charge in [0, 0.05) is 44.4 Å². The molecule has 5 rings (SSSR count). The standard InChI is InChI=1S/C27H28ClF2N7O4SSi/c1-40-27-25(42(31,38)39)21(18(30)11-34-27)16-5-6-17(29)22(23(16)28)19-13-37-14-35-24(20(37)12-33-19)26-32-7-8-36(26)15-41-9-10-43(2,3)4/h5-8,11-14H,9-10,15H2,1-4H3,(H2,31,38,39). The first-order chi connectivity index (χ1) is 20.3. The van der Waals surface area contributed by atoms with Gasteiger partial charge in [0.15, 0.2) is 16.5 Å². The van der Waals surface area contributed by atoms with Gasteiger partial charge in [-0.05, 0) is 18.2 Å². The van der Waals surface area contributed by atoms with Gasteiger partial charge in [-0.1, -0.05) is 31.2 Å². The maximum Gasteiger partial charge on any atom is 0.244 e. The molecule has 0 atom stereocenters. The van der Waals surface area contributed by atoms with E-state index in [1.54, 1.807) is 16.8 Å². The van der Waals surface area contributed by atoms with E-state index < -0.39 is 46.1 Å². The minimum atomic E-state index is -4.54. The highest BCUT2D eigenvalue weighted by Gasteiger charge is 2.29. The molecule has 0 bridgehead atoms. The van der Waals surface area contributed by atoms with Crippen LogP contribution in [0.1, 0.15) is 0 Å². The van der Waals surface area contributed by atoms with Gasteiger partial charge >= 0.3 is 0 Å². The molecular formula is C27H28ClF2N7O4SSi. The van der Waals surface area contributed by atoms with Gasteiger partial charge in [-0.3, -0.25) is 4.98 Å². The minimum absolute atomic E-state index is 0.0809. The highest BCUT2D eigenvalue weighted by molar-refractivity contribution is 7.89. The number of methoxy groups -OCH3 is 1. The number of nitrogens with two attached hydrogens (primary N) is 1. The second-order valence-corrected chi connectivity index (χ2v) is 18.4. The number of nitrogens with zero attached hydrogens (tertiary/aromatic N) is 6. The summed E-state index contributed by atoms with van der Waals surface area (Å²) in [6.07, 6.45) is 8.71. The van der Waals surface area contributed by atoms with Crippen molar-refractivity contribution < 1.29 is 26.7 Å². The summed E-state index contributed by atoms with van der Waals surface area (Å²) in [5.74, 6) is -1.70. The number of pyridine rings is 1. The molecule has 0 aliphatic heterocycles. The normalized spacial score (nSPS) is 12.3. The number of ether oxygens (including phenoxy) is 2. The molecule has 43 heavy (non-hydrogen) atoms. The fourth-order valence-electron chi connectivity index (χ4n) is 4.46. The SMILES string of the molecule is COc1ncc(F)c(-c2ccc(F)c(-c3cn4cnc(-c5nccn5COCC[Si](C)(C)C)c4cn3)c2Cl)c1S(N)(=O)=O. The van der Waals surface area contributed by atoms with Crippen LogP contribution in [-0.4, -0.2) is 59.1 Å². The number of hydrogen-bond acceptors (Lipinski definition) is 8. The maximum absolute atomic E-state index is 15.3. The van der Waals surface area contributed by atoms with Gasteiger partial charge < -0.3 is 18.4 Å². The molecule has 5 aromatic rings. The zero-order valence-corrected chi connectivity index (χ0v) is 26.2. The Morgan fingerprint density at radius 1 is 1.05 bits per heavy atom. The number of benzene rings is 1. The average molecular weight is 648 g/mol. The topological polar surface area (TPSA) is 140 Å². The van der Waals surface area contributed by atoms with Crippen LogP contribution < -0.4 is 9.88 Å². The van der Waals surface area contributed by atoms with Gasteiger partial charge in [0.25, 0.3) is 0 Å². The lowest BCUT2D eigenvalue weighted by atomic mass is 10.0. The number of sulfonamides is 1. The van der Waals surface area contributed by atoms with Crippen LogP contribution in [0.25, 0.3) is 39.4 Å². The summed E-state index contributed by atoms with van der Waals surface area (Å²) in [5, 5.41) is 5.07. The zero-order valence-electron chi connectivity index (χ0n) is 23.7. The number of imidazole rings is 2. The average Bonchev–Trinajstić information content (AvgIpc) is 3.56. The summed E-state index contributed by atoms with van der Waals surface area (Å²) in [6, 6.07) is 3.20. The summed E-state index contributed by atoms with van der Waals surface area (Å²) < 4.78 is 69.5. The van der Waals surface area contributed by atoms with E-state index in [0.717, 1.165) is 31.5 Å². The predicted molar refractivity (Wildman–Crippen MR) is 160 cm³/mol. The van der Waals surface area contributed by atoms with E-state index in [4.69, 9.17) is 26.2 Å². The Balaban J connectivity index is 1.55. The van der Waals surface area contributed by atoms with Gasteiger partial charge in [0.2, 0.25) is 15.9 Å². The van der Waals surface area contributed by atoms with Gasteiger partial charge in [-0.25, -0.2) is 37.3 Å². The molecule has 4 aromatic heterocycles. The highest BCUT2D eigenvalue weighted by atomic mass is 35.5. The predicted octanol–water partition coefficient (Wildman–Crippen LogP) is 5.22. The van der Waals surface area contributed by atoms with E-state index in [0.29, 0.717) is 30.4 Å². The van der Waals surface area contributed by atoms with Crippen molar-refractivity contribution in [3.05, 3.63) is 66.1 Å². The van der Waals surface area contributed by atoms with E-state index in [9.17, 15) is 8.42 Å². The number of aromatic nitrogens is 6. The van der Waals surface area contributed by atoms with E-state index in [2.05, 4.69) is 39.6 Å². The Bertz CT molecular complexity index is 1940. The lowest BCUT2D eigenvalue weighted by Crippen LogP contribution is -2.22. The quantitative estimate of drug-likeness (QED) is 0.161. The molecule has 0 aliphatic rings. The molecule has 0 saturated carbocycles. The van der Waals surface area contributed by atoms with Crippen molar-refractivity contribution in [2.45, 2.75) is 37.3 Å². The van der Waals surface area contributed by atoms with Crippen molar-refractivity contribution in [3.8, 4) is 39.8 Å². The largest absolute Gasteiger partial charge is 0.480 e. The van der Waals surface area contributed by atoms with E-state index in [-0.39, 0.29) is 21.8 Å². The summed E-state index contributed by atoms with van der Waals surface area (Å²) in [4.78, 5) is 16.3. The highest BCUT2D eigenvalue weighted by Crippen LogP contribution is 2.42. The van der Waals surface area contributed by atoms with Gasteiger partial charge in [0.05, 0.1) is 41.3 Å². The fraction of sp³-hybridized carbons (Fsp3) is 0.259. The lowest BCUT2D eigenvalue weighted by molar-refractivity contribution is 0.0882. The molecule has 4 heterocycles. The van der Waals surface area contributed by atoms with Crippen LogP contribution in [0.5, 0.6) is 5.88 Å². The summed E-state index contributed by atoms with van der Waals surface area (Å²) in [6.45, 7) is 7.78. The van der Waals surface area contributed by atoms with Crippen LogP contribution in [0.3, 0.4) is 0 Å². The molecule has 0 radical (unpaired) electrons. The van der Waals surface area contributed by atoms with Crippen LogP contribution in [0.4, 0.5) is 8.78 Å². The monoisotopic (exact) mass is 647 g/mol.